The molecule has 0 aromatic heterocycles. The lowest BCUT2D eigenvalue weighted by Gasteiger charge is -2.32. The summed E-state index contributed by atoms with van der Waals surface area (Å²) in [6.45, 7) is -1.62. The third-order valence-electron chi connectivity index (χ3n) is 2.07. The van der Waals surface area contributed by atoms with Crippen LogP contribution in [0.1, 0.15) is 7.79 Å². The maximum atomic E-state index is 10.9. The zero-order chi connectivity index (χ0) is 10.2. The number of Topliss-reactive ketones (excluding diaryl/α,β-unsaturated/α-hetero) is 1. The Morgan fingerprint density at radius 1 is 1.42 bits per heavy atom. The topological polar surface area (TPSA) is 98.0 Å². The van der Waals surface area contributed by atoms with Crippen LogP contribution < -0.4 is 0 Å². The van der Waals surface area contributed by atoms with E-state index in [4.69, 9.17) is 16.7 Å². The van der Waals surface area contributed by atoms with Crippen molar-refractivity contribution in [2.24, 2.45) is 5.92 Å². The molecule has 12 heavy (non-hydrogen) atoms. The van der Waals surface area contributed by atoms with Gasteiger partial charge in [0.25, 0.3) is 0 Å². The highest BCUT2D eigenvalue weighted by Gasteiger charge is 2.41. The van der Waals surface area contributed by atoms with E-state index in [2.05, 4.69) is 0 Å². The van der Waals surface area contributed by atoms with E-state index >= 15 is 0 Å². The fourth-order valence-electron chi connectivity index (χ4n) is 1.25. The molecule has 5 heteroatoms. The molecule has 1 aliphatic carbocycles. The van der Waals surface area contributed by atoms with Gasteiger partial charge in [0.15, 0.2) is 5.78 Å². The van der Waals surface area contributed by atoms with Gasteiger partial charge in [-0.2, -0.15) is 0 Å². The quantitative estimate of drug-likeness (QED) is 0.360. The van der Waals surface area contributed by atoms with Gasteiger partial charge in [0.05, 0.1) is 7.47 Å². The van der Waals surface area contributed by atoms with Gasteiger partial charge in [-0.15, -0.1) is 0 Å². The third kappa shape index (κ3) is 1.49. The van der Waals surface area contributed by atoms with Crippen LogP contribution >= 0.6 is 0 Å². The van der Waals surface area contributed by atoms with Crippen LogP contribution in [-0.2, 0) is 4.79 Å². The van der Waals surface area contributed by atoms with Gasteiger partial charge in [-0.25, -0.2) is 0 Å². The largest absolute Gasteiger partial charge is 0.396 e. The second kappa shape index (κ2) is 3.49. The molecule has 0 heterocycles. The Labute approximate surface area is 70.7 Å². The van der Waals surface area contributed by atoms with Crippen LogP contribution in [0.25, 0.3) is 0 Å². The minimum Gasteiger partial charge on any atom is -0.396 e. The molecule has 0 aliphatic heterocycles. The van der Waals surface area contributed by atoms with Gasteiger partial charge in [-0.05, 0) is 0 Å². The SMILES string of the molecule is [3H]C(O)C1CC(=O)[C@H](O)[C@@H](O)[C@@H]1O. The molecule has 0 bridgehead atoms. The van der Waals surface area contributed by atoms with E-state index in [1.807, 2.05) is 0 Å². The Hall–Kier alpha value is -0.490. The maximum Gasteiger partial charge on any atom is 0.164 e. The average Bonchev–Trinajstić information content (AvgIpc) is 2.07. The summed E-state index contributed by atoms with van der Waals surface area (Å²) in [5, 5.41) is 36.2. The van der Waals surface area contributed by atoms with Crippen LogP contribution in [0.2, 0.25) is 0 Å². The fourth-order valence-corrected chi connectivity index (χ4v) is 1.25. The molecule has 5 atom stereocenters. The Bertz CT molecular complexity index is 207. The molecule has 1 aliphatic rings. The first-order valence-corrected chi connectivity index (χ1v) is 3.62. The second-order valence-electron chi connectivity index (χ2n) is 2.91. The number of rotatable bonds is 1. The van der Waals surface area contributed by atoms with E-state index in [0.717, 1.165) is 0 Å². The van der Waals surface area contributed by atoms with Crippen LogP contribution in [0, 0.1) is 5.92 Å². The minimum atomic E-state index is -1.62. The van der Waals surface area contributed by atoms with E-state index in [1.165, 1.54) is 0 Å². The van der Waals surface area contributed by atoms with E-state index < -0.39 is 36.6 Å². The van der Waals surface area contributed by atoms with Crippen molar-refractivity contribution >= 4 is 5.78 Å². The highest BCUT2D eigenvalue weighted by Crippen LogP contribution is 2.22. The van der Waals surface area contributed by atoms with Crippen LogP contribution in [-0.4, -0.2) is 51.1 Å². The molecule has 0 spiro atoms. The first-order chi connectivity index (χ1) is 5.95. The lowest BCUT2D eigenvalue weighted by Crippen LogP contribution is -2.52. The molecule has 5 nitrogen and oxygen atoms in total. The summed E-state index contributed by atoms with van der Waals surface area (Å²) in [5.74, 6) is -1.68. The predicted octanol–water partition coefficient (Wildman–Crippen LogP) is -2.35. The standard InChI is InChI=1S/C7H12O5/c8-2-3-1-4(9)6(11)7(12)5(3)10/h3,5-8,10-12H,1-2H2/t3?,5-,6+,7+/m1/s1/i2T/t2?,3?,5-,6+,7+. The molecular formula is C7H12O5. The lowest BCUT2D eigenvalue weighted by molar-refractivity contribution is -0.156. The van der Waals surface area contributed by atoms with Crippen molar-refractivity contribution in [1.29, 1.82) is 0 Å². The first-order valence-electron chi connectivity index (χ1n) is 4.20. The highest BCUT2D eigenvalue weighted by molar-refractivity contribution is 5.84. The number of hydrogen-bond donors (Lipinski definition) is 4. The lowest BCUT2D eigenvalue weighted by atomic mass is 9.82. The van der Waals surface area contributed by atoms with Crippen molar-refractivity contribution < 1.29 is 26.6 Å². The van der Waals surface area contributed by atoms with Gasteiger partial charge >= 0.3 is 0 Å². The Kier molecular flexibility index (Phi) is 2.36. The molecule has 70 valence electrons. The molecule has 0 saturated heterocycles. The molecule has 0 radical (unpaired) electrons. The smallest absolute Gasteiger partial charge is 0.164 e. The normalized spacial score (nSPS) is 47.0. The van der Waals surface area contributed by atoms with Crippen LogP contribution in [0.5, 0.6) is 0 Å². The molecule has 4 N–H and O–H groups in total. The van der Waals surface area contributed by atoms with Gasteiger partial charge in [0.1, 0.15) is 12.2 Å². The number of hydrogen-bond acceptors (Lipinski definition) is 5. The van der Waals surface area contributed by atoms with Gasteiger partial charge in [0, 0.05) is 18.9 Å². The number of carbonyl (C=O) groups is 1. The summed E-state index contributed by atoms with van der Waals surface area (Å²) in [6.07, 6.45) is -4.93. The van der Waals surface area contributed by atoms with Crippen molar-refractivity contribution in [3.63, 3.8) is 0 Å². The highest BCUT2D eigenvalue weighted by atomic mass is 16.4. The van der Waals surface area contributed by atoms with E-state index in [-0.39, 0.29) is 6.42 Å². The molecule has 0 aromatic carbocycles. The maximum absolute atomic E-state index is 10.9. The number of carbonyl (C=O) groups excluding carboxylic acids is 1. The van der Waals surface area contributed by atoms with Gasteiger partial charge in [-0.3, -0.25) is 4.79 Å². The summed E-state index contributed by atoms with van der Waals surface area (Å²) in [4.78, 5) is 10.9. The minimum absolute atomic E-state index is 0.288. The molecule has 1 rings (SSSR count). The Morgan fingerprint density at radius 3 is 2.50 bits per heavy atom. The molecule has 1 fully saturated rings. The van der Waals surface area contributed by atoms with Crippen molar-refractivity contribution in [3.8, 4) is 0 Å². The van der Waals surface area contributed by atoms with E-state index in [0.29, 0.717) is 0 Å². The summed E-state index contributed by atoms with van der Waals surface area (Å²) in [6, 6.07) is 0. The van der Waals surface area contributed by atoms with Crippen molar-refractivity contribution in [2.75, 3.05) is 6.58 Å². The zero-order valence-electron chi connectivity index (χ0n) is 7.29. The number of aliphatic hydroxyl groups excluding tert-OH is 4. The van der Waals surface area contributed by atoms with E-state index in [1.54, 1.807) is 0 Å². The summed E-state index contributed by atoms with van der Waals surface area (Å²) >= 11 is 0. The van der Waals surface area contributed by atoms with Crippen LogP contribution in [0.3, 0.4) is 0 Å². The van der Waals surface area contributed by atoms with Gasteiger partial charge < -0.3 is 20.4 Å². The number of ketones is 1. The molecule has 1 saturated carbocycles. The zero-order valence-corrected chi connectivity index (χ0v) is 6.29. The molecule has 0 aromatic rings. The molecular weight excluding hydrogens is 164 g/mol. The summed E-state index contributed by atoms with van der Waals surface area (Å²) in [7, 11) is 0. The third-order valence-corrected chi connectivity index (χ3v) is 2.07. The predicted molar refractivity (Wildman–Crippen MR) is 38.2 cm³/mol. The van der Waals surface area contributed by atoms with Crippen LogP contribution in [0.15, 0.2) is 0 Å². The fraction of sp³-hybridized carbons (Fsp3) is 0.857. The van der Waals surface area contributed by atoms with Crippen molar-refractivity contribution in [2.45, 2.75) is 24.7 Å². The monoisotopic (exact) mass is 178 g/mol. The van der Waals surface area contributed by atoms with Crippen LogP contribution in [0.4, 0.5) is 0 Å². The van der Waals surface area contributed by atoms with E-state index in [9.17, 15) is 9.90 Å². The number of aliphatic hydroxyl groups is 4. The first kappa shape index (κ1) is 8.12. The van der Waals surface area contributed by atoms with Gasteiger partial charge in [-0.1, -0.05) is 0 Å². The Morgan fingerprint density at radius 2 is 2.00 bits per heavy atom. The summed E-state index contributed by atoms with van der Waals surface area (Å²) in [5.41, 5.74) is 0. The second-order valence-corrected chi connectivity index (χ2v) is 2.91. The Balaban J connectivity index is 2.76. The summed E-state index contributed by atoms with van der Waals surface area (Å²) < 4.78 is 6.90. The van der Waals surface area contributed by atoms with Gasteiger partial charge in [0.2, 0.25) is 0 Å². The van der Waals surface area contributed by atoms with Crippen molar-refractivity contribution in [3.05, 3.63) is 0 Å². The van der Waals surface area contributed by atoms with Crippen molar-refractivity contribution in [1.82, 2.24) is 0 Å². The molecule has 2 unspecified atom stereocenters. The average molecular weight is 178 g/mol. The molecule has 0 amide bonds.